The maximum absolute atomic E-state index is 12.3. The maximum atomic E-state index is 12.3. The van der Waals surface area contributed by atoms with E-state index in [2.05, 4.69) is 27.5 Å². The first-order chi connectivity index (χ1) is 11.1. The Kier molecular flexibility index (Phi) is 3.12. The second-order valence-corrected chi connectivity index (χ2v) is 6.40. The van der Waals surface area contributed by atoms with Gasteiger partial charge in [-0.3, -0.25) is 14.8 Å². The number of anilines is 1. The van der Waals surface area contributed by atoms with Gasteiger partial charge in [-0.2, -0.15) is 5.10 Å². The summed E-state index contributed by atoms with van der Waals surface area (Å²) in [5.41, 5.74) is 2.22. The first kappa shape index (κ1) is 13.9. The van der Waals surface area contributed by atoms with E-state index in [0.29, 0.717) is 10.8 Å². The molecule has 0 atom stereocenters. The van der Waals surface area contributed by atoms with Crippen LogP contribution in [0.25, 0.3) is 21.0 Å². The molecule has 2 aromatic carbocycles. The number of aryl methyl sites for hydroxylation is 2. The normalized spacial score (nSPS) is 11.2. The highest BCUT2D eigenvalue weighted by Gasteiger charge is 2.14. The van der Waals surface area contributed by atoms with Gasteiger partial charge >= 0.3 is 0 Å². The van der Waals surface area contributed by atoms with Crippen molar-refractivity contribution in [2.24, 2.45) is 7.05 Å². The van der Waals surface area contributed by atoms with Crippen LogP contribution in [-0.4, -0.2) is 20.7 Å². The first-order valence-corrected chi connectivity index (χ1v) is 8.04. The number of rotatable bonds is 2. The van der Waals surface area contributed by atoms with Crippen molar-refractivity contribution in [3.63, 3.8) is 0 Å². The Morgan fingerprint density at radius 3 is 2.83 bits per heavy atom. The number of carbonyl (C=O) groups is 1. The van der Waals surface area contributed by atoms with Gasteiger partial charge in [-0.1, -0.05) is 41.7 Å². The lowest BCUT2D eigenvalue weighted by atomic mass is 10.1. The van der Waals surface area contributed by atoms with E-state index in [1.807, 2.05) is 38.2 Å². The summed E-state index contributed by atoms with van der Waals surface area (Å²) >= 11 is 1.48. The number of nitrogens with zero attached hydrogens (tertiary/aromatic N) is 3. The van der Waals surface area contributed by atoms with E-state index in [4.69, 9.17) is 0 Å². The minimum atomic E-state index is -0.239. The zero-order chi connectivity index (χ0) is 16.0. The Bertz CT molecular complexity index is 1030. The highest BCUT2D eigenvalue weighted by Crippen LogP contribution is 2.32. The third-order valence-electron chi connectivity index (χ3n) is 3.85. The van der Waals surface area contributed by atoms with E-state index >= 15 is 0 Å². The van der Waals surface area contributed by atoms with Crippen molar-refractivity contribution < 1.29 is 4.79 Å². The van der Waals surface area contributed by atoms with Crippen LogP contribution in [0.4, 0.5) is 5.13 Å². The highest BCUT2D eigenvalue weighted by atomic mass is 32.1. The molecule has 0 saturated carbocycles. The van der Waals surface area contributed by atoms with Crippen molar-refractivity contribution >= 4 is 43.4 Å². The van der Waals surface area contributed by atoms with Gasteiger partial charge in [0.1, 0.15) is 0 Å². The Labute approximate surface area is 136 Å². The maximum Gasteiger partial charge on any atom is 0.277 e. The second kappa shape index (κ2) is 5.17. The fourth-order valence-corrected chi connectivity index (χ4v) is 3.54. The molecular weight excluding hydrogens is 308 g/mol. The van der Waals surface area contributed by atoms with Crippen LogP contribution in [0.5, 0.6) is 0 Å². The number of fused-ring (bicyclic) bond motifs is 3. The lowest BCUT2D eigenvalue weighted by molar-refractivity contribution is 0.102. The molecule has 1 N–H and O–H groups in total. The molecule has 0 radical (unpaired) electrons. The summed E-state index contributed by atoms with van der Waals surface area (Å²) in [5.74, 6) is -0.239. The zero-order valence-electron chi connectivity index (χ0n) is 12.7. The molecule has 114 valence electrons. The Hall–Kier alpha value is -2.73. The molecule has 1 amide bonds. The fraction of sp³-hybridized carbons (Fsp3) is 0.118. The van der Waals surface area contributed by atoms with Crippen molar-refractivity contribution in [2.75, 3.05) is 5.32 Å². The molecule has 0 aliphatic rings. The first-order valence-electron chi connectivity index (χ1n) is 7.22. The van der Waals surface area contributed by atoms with E-state index in [1.165, 1.54) is 16.7 Å². The van der Waals surface area contributed by atoms with Crippen molar-refractivity contribution in [3.05, 3.63) is 53.9 Å². The highest BCUT2D eigenvalue weighted by molar-refractivity contribution is 7.23. The molecule has 0 spiro atoms. The van der Waals surface area contributed by atoms with Gasteiger partial charge in [-0.15, -0.1) is 0 Å². The molecule has 4 aromatic rings. The summed E-state index contributed by atoms with van der Waals surface area (Å²) in [5, 5.41) is 9.94. The molecule has 5 nitrogen and oxygen atoms in total. The number of hydrogen-bond acceptors (Lipinski definition) is 4. The van der Waals surface area contributed by atoms with Gasteiger partial charge in [0.25, 0.3) is 5.91 Å². The van der Waals surface area contributed by atoms with Crippen LogP contribution in [-0.2, 0) is 7.05 Å². The van der Waals surface area contributed by atoms with Gasteiger partial charge in [0.2, 0.25) is 0 Å². The van der Waals surface area contributed by atoms with E-state index in [-0.39, 0.29) is 5.91 Å². The second-order valence-electron chi connectivity index (χ2n) is 5.40. The fourth-order valence-electron chi connectivity index (χ4n) is 2.54. The van der Waals surface area contributed by atoms with Crippen LogP contribution in [0, 0.1) is 6.92 Å². The van der Waals surface area contributed by atoms with Crippen LogP contribution in [0.3, 0.4) is 0 Å². The molecule has 0 saturated heterocycles. The summed E-state index contributed by atoms with van der Waals surface area (Å²) in [6.07, 6.45) is 0. The molecule has 0 unspecified atom stereocenters. The van der Waals surface area contributed by atoms with Gasteiger partial charge in [0.05, 0.1) is 10.2 Å². The largest absolute Gasteiger partial charge is 0.296 e. The summed E-state index contributed by atoms with van der Waals surface area (Å²) in [6.45, 7) is 1.91. The number of aromatic nitrogens is 3. The number of hydrogen-bond donors (Lipinski definition) is 1. The molecule has 0 fully saturated rings. The molecule has 0 bridgehead atoms. The van der Waals surface area contributed by atoms with Crippen LogP contribution in [0.2, 0.25) is 0 Å². The van der Waals surface area contributed by atoms with Gasteiger partial charge in [0, 0.05) is 18.1 Å². The van der Waals surface area contributed by atoms with Gasteiger partial charge < -0.3 is 0 Å². The van der Waals surface area contributed by atoms with Gasteiger partial charge in [-0.25, -0.2) is 4.98 Å². The standard InChI is InChI=1S/C17H14N4OS/c1-10-9-14(20-21(10)2)16(22)19-17-18-13-8-7-11-5-3-4-6-12(11)15(13)23-17/h3-9H,1-2H3,(H,18,19,22). The predicted octanol–water partition coefficient (Wildman–Crippen LogP) is 3.74. The van der Waals surface area contributed by atoms with Gasteiger partial charge in [-0.05, 0) is 24.4 Å². The third kappa shape index (κ3) is 2.37. The minimum absolute atomic E-state index is 0.239. The van der Waals surface area contributed by atoms with Gasteiger partial charge in [0.15, 0.2) is 10.8 Å². The third-order valence-corrected chi connectivity index (χ3v) is 4.87. The Morgan fingerprint density at radius 1 is 1.22 bits per heavy atom. The van der Waals surface area contributed by atoms with Crippen molar-refractivity contribution in [1.29, 1.82) is 0 Å². The van der Waals surface area contributed by atoms with Crippen LogP contribution in [0.1, 0.15) is 16.2 Å². The van der Waals surface area contributed by atoms with Crippen LogP contribution in [0.15, 0.2) is 42.5 Å². The summed E-state index contributed by atoms with van der Waals surface area (Å²) in [7, 11) is 1.82. The smallest absolute Gasteiger partial charge is 0.277 e. The number of amides is 1. The van der Waals surface area contributed by atoms with E-state index in [1.54, 1.807) is 10.7 Å². The quantitative estimate of drug-likeness (QED) is 0.611. The number of carbonyl (C=O) groups excluding carboxylic acids is 1. The average molecular weight is 322 g/mol. The summed E-state index contributed by atoms with van der Waals surface area (Å²) < 4.78 is 2.76. The molecule has 4 rings (SSSR count). The molecule has 2 heterocycles. The number of thiazole rings is 1. The SMILES string of the molecule is Cc1cc(C(=O)Nc2nc3ccc4ccccc4c3s2)nn1C. The van der Waals surface area contributed by atoms with E-state index in [0.717, 1.165) is 21.3 Å². The Balaban J connectivity index is 1.72. The van der Waals surface area contributed by atoms with Crippen molar-refractivity contribution in [2.45, 2.75) is 6.92 Å². The van der Waals surface area contributed by atoms with Crippen molar-refractivity contribution in [3.8, 4) is 0 Å². The number of nitrogens with one attached hydrogen (secondary N) is 1. The van der Waals surface area contributed by atoms with Crippen LogP contribution >= 0.6 is 11.3 Å². The van der Waals surface area contributed by atoms with E-state index in [9.17, 15) is 4.79 Å². The summed E-state index contributed by atoms with van der Waals surface area (Å²) in [4.78, 5) is 16.8. The summed E-state index contributed by atoms with van der Waals surface area (Å²) in [6, 6.07) is 14.0. The lowest BCUT2D eigenvalue weighted by Crippen LogP contribution is -2.12. The van der Waals surface area contributed by atoms with Crippen molar-refractivity contribution in [1.82, 2.24) is 14.8 Å². The molecule has 0 aliphatic heterocycles. The number of benzene rings is 2. The zero-order valence-corrected chi connectivity index (χ0v) is 13.5. The Morgan fingerprint density at radius 2 is 2.04 bits per heavy atom. The molecule has 2 aromatic heterocycles. The lowest BCUT2D eigenvalue weighted by Gasteiger charge is -1.97. The minimum Gasteiger partial charge on any atom is -0.296 e. The van der Waals surface area contributed by atoms with Crippen LogP contribution < -0.4 is 5.32 Å². The molecule has 23 heavy (non-hydrogen) atoms. The molecule has 6 heteroatoms. The molecular formula is C17H14N4OS. The predicted molar refractivity (Wildman–Crippen MR) is 93.0 cm³/mol. The monoisotopic (exact) mass is 322 g/mol. The topological polar surface area (TPSA) is 59.8 Å². The average Bonchev–Trinajstić information content (AvgIpc) is 3.11. The molecule has 0 aliphatic carbocycles. The van der Waals surface area contributed by atoms with E-state index < -0.39 is 0 Å².